The average molecular weight is 375 g/mol. The average Bonchev–Trinajstić information content (AvgIpc) is 2.60. The fourth-order valence-corrected chi connectivity index (χ4v) is 3.08. The third kappa shape index (κ3) is 4.77. The SMILES string of the molecule is CCOc1ccc(C(NC(=O)C(C)C2CNC2)c2ccccc2)cc1.Cl. The van der Waals surface area contributed by atoms with Gasteiger partial charge in [0.05, 0.1) is 12.6 Å². The number of nitrogens with one attached hydrogen (secondary N) is 2. The van der Waals surface area contributed by atoms with E-state index in [9.17, 15) is 4.79 Å². The van der Waals surface area contributed by atoms with Gasteiger partial charge in [-0.05, 0) is 49.2 Å². The van der Waals surface area contributed by atoms with E-state index in [0.29, 0.717) is 12.5 Å². The number of carbonyl (C=O) groups is 1. The van der Waals surface area contributed by atoms with Crippen LogP contribution in [0.4, 0.5) is 0 Å². The molecule has 0 radical (unpaired) electrons. The maximum Gasteiger partial charge on any atom is 0.223 e. The van der Waals surface area contributed by atoms with Crippen LogP contribution in [0, 0.1) is 11.8 Å². The highest BCUT2D eigenvalue weighted by Gasteiger charge is 2.30. The number of hydrogen-bond acceptors (Lipinski definition) is 3. The molecule has 0 bridgehead atoms. The maximum absolute atomic E-state index is 12.7. The predicted octanol–water partition coefficient (Wildman–Crippen LogP) is 3.57. The van der Waals surface area contributed by atoms with E-state index in [0.717, 1.165) is 30.0 Å². The molecule has 26 heavy (non-hydrogen) atoms. The first-order chi connectivity index (χ1) is 12.2. The third-order valence-electron chi connectivity index (χ3n) is 4.88. The van der Waals surface area contributed by atoms with Crippen molar-refractivity contribution in [2.24, 2.45) is 11.8 Å². The van der Waals surface area contributed by atoms with Gasteiger partial charge in [-0.3, -0.25) is 4.79 Å². The topological polar surface area (TPSA) is 50.4 Å². The lowest BCUT2D eigenvalue weighted by molar-refractivity contribution is -0.127. The normalized spacial score (nSPS) is 15.9. The first-order valence-electron chi connectivity index (χ1n) is 8.98. The fourth-order valence-electron chi connectivity index (χ4n) is 3.08. The molecule has 1 aliphatic rings. The standard InChI is InChI=1S/C21H26N2O2.ClH/c1-3-25-19-11-9-17(10-12-19)20(16-7-5-4-6-8-16)23-21(24)15(2)18-13-22-14-18;/h4-12,15,18,20,22H,3,13-14H2,1-2H3,(H,23,24);1H. The molecule has 0 aliphatic carbocycles. The molecule has 140 valence electrons. The van der Waals surface area contributed by atoms with Crippen molar-refractivity contribution in [1.29, 1.82) is 0 Å². The highest BCUT2D eigenvalue weighted by molar-refractivity contribution is 5.85. The molecule has 2 N–H and O–H groups in total. The Bertz CT molecular complexity index is 687. The summed E-state index contributed by atoms with van der Waals surface area (Å²) < 4.78 is 5.52. The lowest BCUT2D eigenvalue weighted by atomic mass is 9.87. The van der Waals surface area contributed by atoms with Crippen molar-refractivity contribution in [3.63, 3.8) is 0 Å². The van der Waals surface area contributed by atoms with Crippen LogP contribution in [0.1, 0.15) is 31.0 Å². The van der Waals surface area contributed by atoms with Gasteiger partial charge < -0.3 is 15.4 Å². The number of rotatable bonds is 7. The van der Waals surface area contributed by atoms with Crippen LogP contribution in [0.2, 0.25) is 0 Å². The quantitative estimate of drug-likeness (QED) is 0.779. The van der Waals surface area contributed by atoms with Crippen molar-refractivity contribution in [3.05, 3.63) is 65.7 Å². The molecule has 1 fully saturated rings. The lowest BCUT2D eigenvalue weighted by Crippen LogP contribution is -2.50. The molecule has 2 aromatic carbocycles. The highest BCUT2D eigenvalue weighted by Crippen LogP contribution is 2.26. The van der Waals surface area contributed by atoms with Crippen LogP contribution in [0.25, 0.3) is 0 Å². The zero-order valence-corrected chi connectivity index (χ0v) is 16.1. The van der Waals surface area contributed by atoms with Crippen LogP contribution in [0.5, 0.6) is 5.75 Å². The maximum atomic E-state index is 12.7. The molecular weight excluding hydrogens is 348 g/mol. The smallest absolute Gasteiger partial charge is 0.223 e. The van der Waals surface area contributed by atoms with E-state index in [4.69, 9.17) is 4.74 Å². The Morgan fingerprint density at radius 2 is 1.73 bits per heavy atom. The lowest BCUT2D eigenvalue weighted by Gasteiger charge is -2.33. The molecule has 3 rings (SSSR count). The number of carbonyl (C=O) groups excluding carboxylic acids is 1. The van der Waals surface area contributed by atoms with Crippen LogP contribution in [-0.4, -0.2) is 25.6 Å². The van der Waals surface area contributed by atoms with E-state index in [1.165, 1.54) is 0 Å². The molecular formula is C21H27ClN2O2. The van der Waals surface area contributed by atoms with Crippen LogP contribution >= 0.6 is 12.4 Å². The van der Waals surface area contributed by atoms with Gasteiger partial charge in [0.15, 0.2) is 0 Å². The summed E-state index contributed by atoms with van der Waals surface area (Å²) in [7, 11) is 0. The Hall–Kier alpha value is -2.04. The fraction of sp³-hybridized carbons (Fsp3) is 0.381. The molecule has 1 saturated heterocycles. The Labute approximate surface area is 161 Å². The van der Waals surface area contributed by atoms with E-state index in [1.54, 1.807) is 0 Å². The van der Waals surface area contributed by atoms with Crippen LogP contribution in [-0.2, 0) is 4.79 Å². The largest absolute Gasteiger partial charge is 0.494 e. The van der Waals surface area contributed by atoms with E-state index in [1.807, 2.05) is 56.3 Å². The number of benzene rings is 2. The molecule has 2 unspecified atom stereocenters. The molecule has 5 heteroatoms. The van der Waals surface area contributed by atoms with Crippen molar-refractivity contribution >= 4 is 18.3 Å². The zero-order valence-electron chi connectivity index (χ0n) is 15.3. The molecule has 0 spiro atoms. The van der Waals surface area contributed by atoms with Crippen LogP contribution in [0.15, 0.2) is 54.6 Å². The van der Waals surface area contributed by atoms with Crippen molar-refractivity contribution in [2.45, 2.75) is 19.9 Å². The minimum absolute atomic E-state index is 0. The molecule has 0 saturated carbocycles. The van der Waals surface area contributed by atoms with Crippen molar-refractivity contribution in [2.75, 3.05) is 19.7 Å². The van der Waals surface area contributed by atoms with Gasteiger partial charge >= 0.3 is 0 Å². The molecule has 1 aliphatic heterocycles. The Kier molecular flexibility index (Phi) is 7.49. The van der Waals surface area contributed by atoms with E-state index in [-0.39, 0.29) is 30.3 Å². The second kappa shape index (κ2) is 9.60. The summed E-state index contributed by atoms with van der Waals surface area (Å²) in [6.45, 7) is 6.48. The Morgan fingerprint density at radius 3 is 2.27 bits per heavy atom. The number of ether oxygens (including phenoxy) is 1. The second-order valence-corrected chi connectivity index (χ2v) is 6.56. The molecule has 2 atom stereocenters. The molecule has 1 amide bonds. The van der Waals surface area contributed by atoms with Gasteiger partial charge in [0.25, 0.3) is 0 Å². The van der Waals surface area contributed by atoms with Crippen molar-refractivity contribution in [1.82, 2.24) is 10.6 Å². The van der Waals surface area contributed by atoms with Gasteiger partial charge in [0.1, 0.15) is 5.75 Å². The van der Waals surface area contributed by atoms with E-state index >= 15 is 0 Å². The van der Waals surface area contributed by atoms with Gasteiger partial charge in [-0.1, -0.05) is 49.4 Å². The van der Waals surface area contributed by atoms with Gasteiger partial charge in [-0.15, -0.1) is 12.4 Å². The van der Waals surface area contributed by atoms with Gasteiger partial charge in [-0.25, -0.2) is 0 Å². The van der Waals surface area contributed by atoms with Gasteiger partial charge in [0, 0.05) is 5.92 Å². The first kappa shape index (κ1) is 20.3. The minimum Gasteiger partial charge on any atom is -0.494 e. The van der Waals surface area contributed by atoms with Gasteiger partial charge in [-0.2, -0.15) is 0 Å². The molecule has 0 aromatic heterocycles. The number of halogens is 1. The Balaban J connectivity index is 0.00000243. The Morgan fingerprint density at radius 1 is 1.12 bits per heavy atom. The van der Waals surface area contributed by atoms with Crippen LogP contribution < -0.4 is 15.4 Å². The first-order valence-corrected chi connectivity index (χ1v) is 8.98. The summed E-state index contributed by atoms with van der Waals surface area (Å²) in [5.41, 5.74) is 2.14. The van der Waals surface area contributed by atoms with Crippen molar-refractivity contribution < 1.29 is 9.53 Å². The monoisotopic (exact) mass is 374 g/mol. The summed E-state index contributed by atoms with van der Waals surface area (Å²) in [6, 6.07) is 17.9. The summed E-state index contributed by atoms with van der Waals surface area (Å²) in [5, 5.41) is 6.48. The summed E-state index contributed by atoms with van der Waals surface area (Å²) >= 11 is 0. The van der Waals surface area contributed by atoms with Crippen LogP contribution in [0.3, 0.4) is 0 Å². The summed E-state index contributed by atoms with van der Waals surface area (Å²) in [4.78, 5) is 12.7. The molecule has 4 nitrogen and oxygen atoms in total. The van der Waals surface area contributed by atoms with E-state index < -0.39 is 0 Å². The van der Waals surface area contributed by atoms with E-state index in [2.05, 4.69) is 22.8 Å². The van der Waals surface area contributed by atoms with Gasteiger partial charge in [0.2, 0.25) is 5.91 Å². The summed E-state index contributed by atoms with van der Waals surface area (Å²) in [5.74, 6) is 1.39. The second-order valence-electron chi connectivity index (χ2n) is 6.56. The number of hydrogen-bond donors (Lipinski definition) is 2. The minimum atomic E-state index is -0.153. The predicted molar refractivity (Wildman–Crippen MR) is 107 cm³/mol. The highest BCUT2D eigenvalue weighted by atomic mass is 35.5. The zero-order chi connectivity index (χ0) is 17.6. The third-order valence-corrected chi connectivity index (χ3v) is 4.88. The molecule has 1 heterocycles. The number of amides is 1. The molecule has 2 aromatic rings. The summed E-state index contributed by atoms with van der Waals surface area (Å²) in [6.07, 6.45) is 0. The van der Waals surface area contributed by atoms with Crippen molar-refractivity contribution in [3.8, 4) is 5.75 Å².